The summed E-state index contributed by atoms with van der Waals surface area (Å²) >= 11 is 0. The molecular weight excluding hydrogens is 238 g/mol. The van der Waals surface area contributed by atoms with Gasteiger partial charge in [-0.15, -0.1) is 0 Å². The zero-order valence-corrected chi connectivity index (χ0v) is 11.2. The summed E-state index contributed by atoms with van der Waals surface area (Å²) in [5, 5.41) is 8.90. The van der Waals surface area contributed by atoms with E-state index in [4.69, 9.17) is 5.11 Å². The van der Waals surface area contributed by atoms with Gasteiger partial charge in [-0.3, -0.25) is 0 Å². The van der Waals surface area contributed by atoms with E-state index in [1.54, 1.807) is 12.1 Å². The van der Waals surface area contributed by atoms with E-state index in [-0.39, 0.29) is 0 Å². The van der Waals surface area contributed by atoms with E-state index >= 15 is 0 Å². The van der Waals surface area contributed by atoms with E-state index in [0.29, 0.717) is 11.5 Å². The van der Waals surface area contributed by atoms with Gasteiger partial charge in [-0.1, -0.05) is 12.1 Å². The van der Waals surface area contributed by atoms with Gasteiger partial charge < -0.3 is 10.0 Å². The third kappa shape index (κ3) is 3.16. The minimum Gasteiger partial charge on any atom is -0.478 e. The molecule has 2 fully saturated rings. The number of rotatable bonds is 4. The highest BCUT2D eigenvalue weighted by molar-refractivity contribution is 5.87. The van der Waals surface area contributed by atoms with Crippen molar-refractivity contribution in [2.24, 2.45) is 5.92 Å². The van der Waals surface area contributed by atoms with E-state index in [1.807, 2.05) is 12.1 Å². The van der Waals surface area contributed by atoms with Crippen LogP contribution in [-0.2, 0) is 0 Å². The molecule has 1 aliphatic carbocycles. The van der Waals surface area contributed by atoms with Crippen molar-refractivity contribution in [2.45, 2.75) is 31.6 Å². The highest BCUT2D eigenvalue weighted by Gasteiger charge is 2.27. The van der Waals surface area contributed by atoms with Crippen LogP contribution in [0.1, 0.15) is 47.5 Å². The second kappa shape index (κ2) is 5.33. The van der Waals surface area contributed by atoms with Crippen LogP contribution in [0, 0.1) is 5.92 Å². The maximum Gasteiger partial charge on any atom is 0.335 e. The number of carboxylic acid groups (broad SMARTS) is 1. The van der Waals surface area contributed by atoms with Crippen LogP contribution in [0.3, 0.4) is 0 Å². The molecule has 0 atom stereocenters. The molecule has 1 saturated heterocycles. The van der Waals surface area contributed by atoms with Gasteiger partial charge in [0.1, 0.15) is 0 Å². The minimum atomic E-state index is -0.842. The molecule has 0 radical (unpaired) electrons. The molecule has 0 spiro atoms. The molecule has 19 heavy (non-hydrogen) atoms. The Morgan fingerprint density at radius 3 is 2.26 bits per heavy atom. The van der Waals surface area contributed by atoms with Crippen molar-refractivity contribution >= 4 is 5.97 Å². The van der Waals surface area contributed by atoms with Crippen molar-refractivity contribution in [1.29, 1.82) is 0 Å². The summed E-state index contributed by atoms with van der Waals surface area (Å²) < 4.78 is 0. The van der Waals surface area contributed by atoms with Gasteiger partial charge in [0.15, 0.2) is 0 Å². The largest absolute Gasteiger partial charge is 0.478 e. The van der Waals surface area contributed by atoms with E-state index in [2.05, 4.69) is 4.90 Å². The monoisotopic (exact) mass is 259 g/mol. The second-order valence-corrected chi connectivity index (χ2v) is 5.95. The Morgan fingerprint density at radius 1 is 1.11 bits per heavy atom. The van der Waals surface area contributed by atoms with Crippen molar-refractivity contribution < 1.29 is 9.90 Å². The Bertz CT molecular complexity index is 442. The van der Waals surface area contributed by atoms with Gasteiger partial charge in [-0.05, 0) is 68.3 Å². The summed E-state index contributed by atoms with van der Waals surface area (Å²) in [7, 11) is 0. The molecule has 0 bridgehead atoms. The van der Waals surface area contributed by atoms with E-state index in [1.165, 1.54) is 50.9 Å². The number of piperidine rings is 1. The van der Waals surface area contributed by atoms with E-state index in [9.17, 15) is 4.79 Å². The fraction of sp³-hybridized carbons (Fsp3) is 0.562. The SMILES string of the molecule is O=C(O)c1ccc(C2CCN(CC3CC3)CC2)cc1. The fourth-order valence-corrected chi connectivity index (χ4v) is 3.01. The third-order valence-electron chi connectivity index (χ3n) is 4.43. The first-order chi connectivity index (χ1) is 9.22. The first-order valence-corrected chi connectivity index (χ1v) is 7.28. The molecule has 0 unspecified atom stereocenters. The second-order valence-electron chi connectivity index (χ2n) is 5.95. The van der Waals surface area contributed by atoms with Gasteiger partial charge in [0.25, 0.3) is 0 Å². The van der Waals surface area contributed by atoms with Crippen LogP contribution in [0.25, 0.3) is 0 Å². The van der Waals surface area contributed by atoms with E-state index in [0.717, 1.165) is 5.92 Å². The van der Waals surface area contributed by atoms with Gasteiger partial charge in [0.05, 0.1) is 5.56 Å². The van der Waals surface area contributed by atoms with Crippen LogP contribution >= 0.6 is 0 Å². The first kappa shape index (κ1) is 12.7. The van der Waals surface area contributed by atoms with Crippen molar-refractivity contribution in [2.75, 3.05) is 19.6 Å². The summed E-state index contributed by atoms with van der Waals surface area (Å²) in [6.07, 6.45) is 5.27. The Labute approximate surface area is 114 Å². The summed E-state index contributed by atoms with van der Waals surface area (Å²) in [4.78, 5) is 13.4. The molecule has 3 nitrogen and oxygen atoms in total. The molecule has 1 aromatic carbocycles. The number of carbonyl (C=O) groups is 1. The number of hydrogen-bond donors (Lipinski definition) is 1. The molecule has 1 heterocycles. The quantitative estimate of drug-likeness (QED) is 0.903. The highest BCUT2D eigenvalue weighted by atomic mass is 16.4. The predicted molar refractivity (Wildman–Crippen MR) is 74.5 cm³/mol. The standard InChI is InChI=1S/C16H21NO2/c18-16(19)15-5-3-13(4-6-15)14-7-9-17(10-8-14)11-12-1-2-12/h3-6,12,14H,1-2,7-11H2,(H,18,19). The molecular formula is C16H21NO2. The Balaban J connectivity index is 1.56. The van der Waals surface area contributed by atoms with Crippen LogP contribution in [0.2, 0.25) is 0 Å². The van der Waals surface area contributed by atoms with Crippen LogP contribution < -0.4 is 0 Å². The van der Waals surface area contributed by atoms with Gasteiger partial charge >= 0.3 is 5.97 Å². The van der Waals surface area contributed by atoms with Crippen molar-refractivity contribution in [3.63, 3.8) is 0 Å². The van der Waals surface area contributed by atoms with Crippen LogP contribution in [0.5, 0.6) is 0 Å². The fourth-order valence-electron chi connectivity index (χ4n) is 3.01. The lowest BCUT2D eigenvalue weighted by molar-refractivity contribution is 0.0697. The number of hydrogen-bond acceptors (Lipinski definition) is 2. The summed E-state index contributed by atoms with van der Waals surface area (Å²) in [6, 6.07) is 7.44. The molecule has 1 aromatic rings. The molecule has 3 heteroatoms. The predicted octanol–water partition coefficient (Wildman–Crippen LogP) is 2.97. The van der Waals surface area contributed by atoms with E-state index < -0.39 is 5.97 Å². The average Bonchev–Trinajstić information content (AvgIpc) is 3.24. The summed E-state index contributed by atoms with van der Waals surface area (Å²) in [5.74, 6) is 0.746. The van der Waals surface area contributed by atoms with Crippen molar-refractivity contribution in [3.05, 3.63) is 35.4 Å². The third-order valence-corrected chi connectivity index (χ3v) is 4.43. The Kier molecular flexibility index (Phi) is 3.56. The van der Waals surface area contributed by atoms with Gasteiger partial charge in [0.2, 0.25) is 0 Å². The lowest BCUT2D eigenvalue weighted by Gasteiger charge is -2.32. The molecule has 102 valence electrons. The van der Waals surface area contributed by atoms with Crippen LogP contribution in [-0.4, -0.2) is 35.6 Å². The molecule has 1 saturated carbocycles. The van der Waals surface area contributed by atoms with Gasteiger partial charge in [0, 0.05) is 6.54 Å². The number of carboxylic acids is 1. The smallest absolute Gasteiger partial charge is 0.335 e. The summed E-state index contributed by atoms with van der Waals surface area (Å²) in [6.45, 7) is 3.69. The zero-order chi connectivity index (χ0) is 13.2. The number of benzene rings is 1. The Hall–Kier alpha value is -1.35. The molecule has 1 N–H and O–H groups in total. The normalized spacial score (nSPS) is 21.5. The zero-order valence-electron chi connectivity index (χ0n) is 11.2. The molecule has 1 aliphatic heterocycles. The Morgan fingerprint density at radius 2 is 1.74 bits per heavy atom. The topological polar surface area (TPSA) is 40.5 Å². The first-order valence-electron chi connectivity index (χ1n) is 7.28. The van der Waals surface area contributed by atoms with Gasteiger partial charge in [-0.2, -0.15) is 0 Å². The summed E-state index contributed by atoms with van der Waals surface area (Å²) in [5.41, 5.74) is 1.69. The van der Waals surface area contributed by atoms with Crippen molar-refractivity contribution in [3.8, 4) is 0 Å². The van der Waals surface area contributed by atoms with Gasteiger partial charge in [-0.25, -0.2) is 4.79 Å². The maximum atomic E-state index is 10.8. The number of nitrogens with zero attached hydrogens (tertiary/aromatic N) is 1. The molecule has 2 aliphatic rings. The lowest BCUT2D eigenvalue weighted by atomic mass is 9.89. The number of aromatic carboxylic acids is 1. The molecule has 0 aromatic heterocycles. The number of likely N-dealkylation sites (tertiary alicyclic amines) is 1. The lowest BCUT2D eigenvalue weighted by Crippen LogP contribution is -2.34. The average molecular weight is 259 g/mol. The van der Waals surface area contributed by atoms with Crippen LogP contribution in [0.4, 0.5) is 0 Å². The highest BCUT2D eigenvalue weighted by Crippen LogP contribution is 2.33. The molecule has 0 amide bonds. The van der Waals surface area contributed by atoms with Crippen molar-refractivity contribution in [1.82, 2.24) is 4.90 Å². The maximum absolute atomic E-state index is 10.8. The minimum absolute atomic E-state index is 0.384. The van der Waals surface area contributed by atoms with Crippen LogP contribution in [0.15, 0.2) is 24.3 Å². The molecule has 3 rings (SSSR count).